The van der Waals surface area contributed by atoms with Gasteiger partial charge in [-0.15, -0.1) is 0 Å². The van der Waals surface area contributed by atoms with Gasteiger partial charge in [-0.2, -0.15) is 0 Å². The molecule has 2 heterocycles. The highest BCUT2D eigenvalue weighted by Crippen LogP contribution is 2.21. The Bertz CT molecular complexity index is 517. The lowest BCUT2D eigenvalue weighted by Crippen LogP contribution is -2.00. The van der Waals surface area contributed by atoms with E-state index in [9.17, 15) is 4.39 Å². The molecule has 0 amide bonds. The summed E-state index contributed by atoms with van der Waals surface area (Å²) in [6.07, 6.45) is 1.91. The van der Waals surface area contributed by atoms with Crippen molar-refractivity contribution in [1.82, 2.24) is 15.0 Å². The van der Waals surface area contributed by atoms with Gasteiger partial charge in [0.25, 0.3) is 0 Å². The quantitative estimate of drug-likeness (QED) is 0.770. The van der Waals surface area contributed by atoms with Crippen molar-refractivity contribution in [3.63, 3.8) is 0 Å². The van der Waals surface area contributed by atoms with Crippen molar-refractivity contribution in [2.45, 2.75) is 20.3 Å². The molecule has 0 atom stereocenters. The molecule has 17 heavy (non-hydrogen) atoms. The van der Waals surface area contributed by atoms with Crippen LogP contribution >= 0.6 is 11.6 Å². The fourth-order valence-electron chi connectivity index (χ4n) is 1.59. The summed E-state index contributed by atoms with van der Waals surface area (Å²) in [5, 5.41) is 0.432. The van der Waals surface area contributed by atoms with Gasteiger partial charge in [0.1, 0.15) is 16.7 Å². The lowest BCUT2D eigenvalue weighted by molar-refractivity contribution is 0.621. The molecule has 0 aromatic carbocycles. The summed E-state index contributed by atoms with van der Waals surface area (Å²) in [5.41, 5.74) is 2.27. The monoisotopic (exact) mass is 251 g/mol. The average molecular weight is 252 g/mol. The van der Waals surface area contributed by atoms with Gasteiger partial charge in [0.15, 0.2) is 5.82 Å². The highest BCUT2D eigenvalue weighted by Gasteiger charge is 2.10. The van der Waals surface area contributed by atoms with E-state index in [4.69, 9.17) is 11.6 Å². The van der Waals surface area contributed by atoms with Crippen molar-refractivity contribution in [1.29, 1.82) is 0 Å². The number of hydrogen-bond acceptors (Lipinski definition) is 3. The Hall–Kier alpha value is -1.55. The van der Waals surface area contributed by atoms with Crippen LogP contribution in [0.15, 0.2) is 18.3 Å². The van der Waals surface area contributed by atoms with Gasteiger partial charge in [-0.05, 0) is 25.5 Å². The first-order valence-corrected chi connectivity index (χ1v) is 5.64. The molecule has 0 fully saturated rings. The molecule has 0 radical (unpaired) electrons. The Kier molecular flexibility index (Phi) is 3.33. The maximum atomic E-state index is 12.8. The Morgan fingerprint density at radius 1 is 1.29 bits per heavy atom. The lowest BCUT2D eigenvalue weighted by atomic mass is 10.2. The third-order valence-corrected chi connectivity index (χ3v) is 2.79. The summed E-state index contributed by atoms with van der Waals surface area (Å²) < 4.78 is 12.8. The van der Waals surface area contributed by atoms with Crippen molar-refractivity contribution in [3.8, 4) is 11.5 Å². The van der Waals surface area contributed by atoms with Crippen LogP contribution in [-0.4, -0.2) is 15.0 Å². The van der Waals surface area contributed by atoms with E-state index in [1.54, 1.807) is 0 Å². The van der Waals surface area contributed by atoms with Crippen molar-refractivity contribution < 1.29 is 4.39 Å². The van der Waals surface area contributed by atoms with Crippen molar-refractivity contribution in [2.75, 3.05) is 0 Å². The number of halogens is 2. The van der Waals surface area contributed by atoms with Crippen LogP contribution in [0, 0.1) is 12.7 Å². The lowest BCUT2D eigenvalue weighted by Gasteiger charge is -2.07. The standard InChI is InChI=1S/C12H11ClFN3/c1-3-9-7(2)16-12(17-11(9)13)10-5-4-8(14)6-15-10/h4-6H,3H2,1-2H3. The molecular formula is C12H11ClFN3. The molecule has 2 aromatic heterocycles. The van der Waals surface area contributed by atoms with Crippen LogP contribution in [0.2, 0.25) is 5.15 Å². The minimum atomic E-state index is -0.387. The second kappa shape index (κ2) is 4.75. The number of aryl methyl sites for hydroxylation is 1. The number of hydrogen-bond donors (Lipinski definition) is 0. The third kappa shape index (κ3) is 2.42. The molecule has 3 nitrogen and oxygen atoms in total. The van der Waals surface area contributed by atoms with E-state index in [0.717, 1.165) is 23.9 Å². The highest BCUT2D eigenvalue weighted by molar-refractivity contribution is 6.30. The van der Waals surface area contributed by atoms with Crippen LogP contribution in [0.4, 0.5) is 4.39 Å². The van der Waals surface area contributed by atoms with Crippen molar-refractivity contribution in [2.24, 2.45) is 0 Å². The maximum absolute atomic E-state index is 12.8. The molecule has 5 heteroatoms. The van der Waals surface area contributed by atoms with Crippen LogP contribution in [0.5, 0.6) is 0 Å². The Morgan fingerprint density at radius 3 is 2.59 bits per heavy atom. The van der Waals surface area contributed by atoms with E-state index in [1.165, 1.54) is 12.1 Å². The number of rotatable bonds is 2. The molecule has 0 spiro atoms. The minimum absolute atomic E-state index is 0.387. The molecule has 0 N–H and O–H groups in total. The van der Waals surface area contributed by atoms with Gasteiger partial charge in [0.2, 0.25) is 0 Å². The molecule has 0 aliphatic carbocycles. The SMILES string of the molecule is CCc1c(C)nc(-c2ccc(F)cn2)nc1Cl. The van der Waals surface area contributed by atoms with Gasteiger partial charge < -0.3 is 0 Å². The molecule has 2 rings (SSSR count). The predicted molar refractivity (Wildman–Crippen MR) is 64.3 cm³/mol. The molecule has 0 unspecified atom stereocenters. The van der Waals surface area contributed by atoms with Gasteiger partial charge in [-0.3, -0.25) is 0 Å². The smallest absolute Gasteiger partial charge is 0.179 e. The zero-order valence-electron chi connectivity index (χ0n) is 9.54. The molecule has 0 bridgehead atoms. The molecule has 0 saturated carbocycles. The van der Waals surface area contributed by atoms with E-state index in [0.29, 0.717) is 16.7 Å². The topological polar surface area (TPSA) is 38.7 Å². The predicted octanol–water partition coefficient (Wildman–Crippen LogP) is 3.20. The minimum Gasteiger partial charge on any atom is -0.250 e. The van der Waals surface area contributed by atoms with Crippen molar-refractivity contribution in [3.05, 3.63) is 40.6 Å². The van der Waals surface area contributed by atoms with Gasteiger partial charge in [-0.25, -0.2) is 19.3 Å². The third-order valence-electron chi connectivity index (χ3n) is 2.47. The number of pyridine rings is 1. The number of nitrogens with zero attached hydrogens (tertiary/aromatic N) is 3. The molecule has 0 aliphatic heterocycles. The summed E-state index contributed by atoms with van der Waals surface area (Å²) >= 11 is 6.06. The summed E-state index contributed by atoms with van der Waals surface area (Å²) in [6, 6.07) is 2.86. The van der Waals surface area contributed by atoms with Crippen LogP contribution in [0.25, 0.3) is 11.5 Å². The fourth-order valence-corrected chi connectivity index (χ4v) is 1.94. The average Bonchev–Trinajstić information content (AvgIpc) is 2.29. The molecule has 0 saturated heterocycles. The Morgan fingerprint density at radius 2 is 2.06 bits per heavy atom. The van der Waals surface area contributed by atoms with Crippen LogP contribution in [0.1, 0.15) is 18.2 Å². The van der Waals surface area contributed by atoms with Crippen molar-refractivity contribution >= 4 is 11.6 Å². The first-order chi connectivity index (χ1) is 8.11. The number of aromatic nitrogens is 3. The van der Waals surface area contributed by atoms with Gasteiger partial charge >= 0.3 is 0 Å². The second-order valence-corrected chi connectivity index (χ2v) is 3.98. The van der Waals surface area contributed by atoms with Gasteiger partial charge in [0.05, 0.1) is 6.20 Å². The van der Waals surface area contributed by atoms with E-state index < -0.39 is 0 Å². The first kappa shape index (κ1) is 11.9. The summed E-state index contributed by atoms with van der Waals surface area (Å²) in [5.74, 6) is 0.0337. The van der Waals surface area contributed by atoms with Gasteiger partial charge in [-0.1, -0.05) is 18.5 Å². The molecule has 88 valence electrons. The highest BCUT2D eigenvalue weighted by atomic mass is 35.5. The second-order valence-electron chi connectivity index (χ2n) is 3.62. The van der Waals surface area contributed by atoms with Crippen LogP contribution in [-0.2, 0) is 6.42 Å². The van der Waals surface area contributed by atoms with Crippen LogP contribution in [0.3, 0.4) is 0 Å². The fraction of sp³-hybridized carbons (Fsp3) is 0.250. The zero-order valence-corrected chi connectivity index (χ0v) is 10.3. The van der Waals surface area contributed by atoms with Crippen LogP contribution < -0.4 is 0 Å². The van der Waals surface area contributed by atoms with E-state index in [-0.39, 0.29) is 5.82 Å². The maximum Gasteiger partial charge on any atom is 0.179 e. The molecule has 2 aromatic rings. The van der Waals surface area contributed by atoms with Gasteiger partial charge in [0, 0.05) is 11.3 Å². The molecular weight excluding hydrogens is 241 g/mol. The normalized spacial score (nSPS) is 10.6. The summed E-state index contributed by atoms with van der Waals surface area (Å²) in [7, 11) is 0. The van der Waals surface area contributed by atoms with E-state index in [1.807, 2.05) is 13.8 Å². The first-order valence-electron chi connectivity index (χ1n) is 5.26. The Labute approximate surface area is 104 Å². The Balaban J connectivity index is 2.50. The van der Waals surface area contributed by atoms with E-state index >= 15 is 0 Å². The summed E-state index contributed by atoms with van der Waals surface area (Å²) in [4.78, 5) is 12.4. The summed E-state index contributed by atoms with van der Waals surface area (Å²) in [6.45, 7) is 3.87. The zero-order chi connectivity index (χ0) is 12.4. The molecule has 0 aliphatic rings. The largest absolute Gasteiger partial charge is 0.250 e. The van der Waals surface area contributed by atoms with E-state index in [2.05, 4.69) is 15.0 Å².